The lowest BCUT2D eigenvalue weighted by Crippen LogP contribution is -2.25. The van der Waals surface area contributed by atoms with Crippen molar-refractivity contribution in [2.75, 3.05) is 0 Å². The molecule has 0 saturated heterocycles. The van der Waals surface area contributed by atoms with E-state index < -0.39 is 0 Å². The summed E-state index contributed by atoms with van der Waals surface area (Å²) in [5.74, 6) is 4.81. The molecule has 1 aromatic carbocycles. The van der Waals surface area contributed by atoms with Crippen LogP contribution in [-0.2, 0) is 6.42 Å². The van der Waals surface area contributed by atoms with Gasteiger partial charge in [0.05, 0.1) is 0 Å². The second kappa shape index (κ2) is 12.9. The quantitative estimate of drug-likeness (QED) is 0.318. The summed E-state index contributed by atoms with van der Waals surface area (Å²) >= 11 is 0. The number of rotatable bonds is 11. The van der Waals surface area contributed by atoms with Gasteiger partial charge in [-0.1, -0.05) is 103 Å². The topological polar surface area (TPSA) is 0 Å². The van der Waals surface area contributed by atoms with Crippen LogP contribution in [0.1, 0.15) is 134 Å². The predicted molar refractivity (Wildman–Crippen MR) is 133 cm³/mol. The second-order valence-corrected chi connectivity index (χ2v) is 11.1. The van der Waals surface area contributed by atoms with Crippen molar-refractivity contribution in [3.63, 3.8) is 0 Å². The molecular formula is C30H50. The fourth-order valence-corrected chi connectivity index (χ4v) is 6.63. The van der Waals surface area contributed by atoms with Crippen molar-refractivity contribution in [1.29, 1.82) is 0 Å². The SMILES string of the molecule is CCCCCCC(C)Cc1ccc(C2CCC(C3CCC(CCC)CC3)CC2)cc1. The maximum absolute atomic E-state index is 2.47. The minimum Gasteiger partial charge on any atom is -0.0654 e. The Morgan fingerprint density at radius 3 is 1.97 bits per heavy atom. The van der Waals surface area contributed by atoms with Crippen molar-refractivity contribution in [3.05, 3.63) is 35.4 Å². The zero-order valence-electron chi connectivity index (χ0n) is 20.5. The normalized spacial score (nSPS) is 28.4. The molecule has 0 heterocycles. The van der Waals surface area contributed by atoms with Gasteiger partial charge in [-0.3, -0.25) is 0 Å². The fourth-order valence-electron chi connectivity index (χ4n) is 6.63. The zero-order chi connectivity index (χ0) is 21.2. The average Bonchev–Trinajstić information content (AvgIpc) is 2.78. The molecule has 2 fully saturated rings. The highest BCUT2D eigenvalue weighted by molar-refractivity contribution is 5.26. The van der Waals surface area contributed by atoms with Crippen molar-refractivity contribution in [2.24, 2.45) is 23.7 Å². The van der Waals surface area contributed by atoms with Crippen LogP contribution in [0.2, 0.25) is 0 Å². The van der Waals surface area contributed by atoms with Crippen molar-refractivity contribution in [1.82, 2.24) is 0 Å². The van der Waals surface area contributed by atoms with Crippen molar-refractivity contribution in [3.8, 4) is 0 Å². The molecule has 30 heavy (non-hydrogen) atoms. The third-order valence-corrected chi connectivity index (χ3v) is 8.61. The van der Waals surface area contributed by atoms with Gasteiger partial charge in [0.1, 0.15) is 0 Å². The van der Waals surface area contributed by atoms with Gasteiger partial charge in [-0.2, -0.15) is 0 Å². The predicted octanol–water partition coefficient (Wildman–Crippen LogP) is 9.72. The molecule has 0 radical (unpaired) electrons. The monoisotopic (exact) mass is 410 g/mol. The molecule has 2 saturated carbocycles. The summed E-state index contributed by atoms with van der Waals surface area (Å²) in [6.07, 6.45) is 23.1. The Morgan fingerprint density at radius 2 is 1.37 bits per heavy atom. The Kier molecular flexibility index (Phi) is 10.3. The third kappa shape index (κ3) is 7.42. The van der Waals surface area contributed by atoms with Crippen LogP contribution in [0, 0.1) is 23.7 Å². The molecule has 2 aliphatic carbocycles. The molecule has 1 unspecified atom stereocenters. The van der Waals surface area contributed by atoms with E-state index in [9.17, 15) is 0 Å². The number of benzene rings is 1. The van der Waals surface area contributed by atoms with E-state index in [1.165, 1.54) is 103 Å². The van der Waals surface area contributed by atoms with Crippen LogP contribution in [0.4, 0.5) is 0 Å². The van der Waals surface area contributed by atoms with Gasteiger partial charge in [0.25, 0.3) is 0 Å². The highest BCUT2D eigenvalue weighted by Crippen LogP contribution is 2.44. The third-order valence-electron chi connectivity index (χ3n) is 8.61. The van der Waals surface area contributed by atoms with E-state index in [4.69, 9.17) is 0 Å². The molecule has 1 atom stereocenters. The molecule has 0 aliphatic heterocycles. The van der Waals surface area contributed by atoms with E-state index in [0.717, 1.165) is 29.6 Å². The largest absolute Gasteiger partial charge is 0.0654 e. The van der Waals surface area contributed by atoms with Crippen LogP contribution in [-0.4, -0.2) is 0 Å². The summed E-state index contributed by atoms with van der Waals surface area (Å²) in [7, 11) is 0. The highest BCUT2D eigenvalue weighted by Gasteiger charge is 2.31. The number of unbranched alkanes of at least 4 members (excludes halogenated alkanes) is 3. The van der Waals surface area contributed by atoms with Crippen molar-refractivity contribution in [2.45, 2.75) is 129 Å². The fraction of sp³-hybridized carbons (Fsp3) is 0.800. The molecule has 0 N–H and O–H groups in total. The van der Waals surface area contributed by atoms with E-state index in [1.807, 2.05) is 0 Å². The van der Waals surface area contributed by atoms with Gasteiger partial charge in [0.2, 0.25) is 0 Å². The number of hydrogen-bond acceptors (Lipinski definition) is 0. The van der Waals surface area contributed by atoms with Crippen LogP contribution in [0.3, 0.4) is 0 Å². The van der Waals surface area contributed by atoms with Gasteiger partial charge in [-0.25, -0.2) is 0 Å². The molecule has 170 valence electrons. The summed E-state index contributed by atoms with van der Waals surface area (Å²) in [5, 5.41) is 0. The second-order valence-electron chi connectivity index (χ2n) is 11.1. The molecule has 0 amide bonds. The van der Waals surface area contributed by atoms with Crippen LogP contribution < -0.4 is 0 Å². The van der Waals surface area contributed by atoms with Gasteiger partial charge in [-0.15, -0.1) is 0 Å². The Labute approximate surface area is 188 Å². The van der Waals surface area contributed by atoms with E-state index in [0.29, 0.717) is 0 Å². The van der Waals surface area contributed by atoms with Gasteiger partial charge in [0.15, 0.2) is 0 Å². The summed E-state index contributed by atoms with van der Waals surface area (Å²) in [5.41, 5.74) is 3.18. The van der Waals surface area contributed by atoms with Gasteiger partial charge < -0.3 is 0 Å². The van der Waals surface area contributed by atoms with E-state index in [-0.39, 0.29) is 0 Å². The standard InChI is InChI=1S/C30H50/c1-4-6-7-8-10-24(3)23-26-13-17-28(18-14-26)30-21-19-29(20-22-30)27-15-11-25(9-5-2)12-16-27/h13-14,17-18,24-25,27,29-30H,4-12,15-16,19-23H2,1-3H3. The Bertz CT molecular complexity index is 554. The van der Waals surface area contributed by atoms with Crippen molar-refractivity contribution >= 4 is 0 Å². The van der Waals surface area contributed by atoms with Crippen LogP contribution in [0.25, 0.3) is 0 Å². The summed E-state index contributed by atoms with van der Waals surface area (Å²) in [6.45, 7) is 7.10. The van der Waals surface area contributed by atoms with Crippen molar-refractivity contribution < 1.29 is 0 Å². The maximum Gasteiger partial charge on any atom is -0.0162 e. The lowest BCUT2D eigenvalue weighted by Gasteiger charge is -2.38. The molecule has 0 heteroatoms. The first kappa shape index (κ1) is 23.9. The first-order valence-electron chi connectivity index (χ1n) is 13.8. The summed E-state index contributed by atoms with van der Waals surface area (Å²) in [4.78, 5) is 0. The first-order chi connectivity index (χ1) is 14.7. The summed E-state index contributed by atoms with van der Waals surface area (Å²) in [6, 6.07) is 9.83. The highest BCUT2D eigenvalue weighted by atomic mass is 14.4. The lowest BCUT2D eigenvalue weighted by molar-refractivity contribution is 0.156. The first-order valence-corrected chi connectivity index (χ1v) is 13.8. The van der Waals surface area contributed by atoms with E-state index >= 15 is 0 Å². The van der Waals surface area contributed by atoms with Gasteiger partial charge in [0, 0.05) is 0 Å². The van der Waals surface area contributed by atoms with E-state index in [1.54, 1.807) is 11.1 Å². The average molecular weight is 411 g/mol. The Morgan fingerprint density at radius 1 is 0.733 bits per heavy atom. The summed E-state index contributed by atoms with van der Waals surface area (Å²) < 4.78 is 0. The molecule has 0 nitrogen and oxygen atoms in total. The Hall–Kier alpha value is -0.780. The van der Waals surface area contributed by atoms with Crippen LogP contribution in [0.5, 0.6) is 0 Å². The molecule has 1 aromatic rings. The maximum atomic E-state index is 2.47. The minimum atomic E-state index is 0.829. The molecule has 2 aliphatic rings. The van der Waals surface area contributed by atoms with Gasteiger partial charge in [-0.05, 0) is 85.7 Å². The van der Waals surface area contributed by atoms with Gasteiger partial charge >= 0.3 is 0 Å². The zero-order valence-corrected chi connectivity index (χ0v) is 20.5. The van der Waals surface area contributed by atoms with Crippen LogP contribution in [0.15, 0.2) is 24.3 Å². The molecule has 0 bridgehead atoms. The molecule has 3 rings (SSSR count). The smallest absolute Gasteiger partial charge is 0.0162 e. The van der Waals surface area contributed by atoms with Crippen LogP contribution >= 0.6 is 0 Å². The minimum absolute atomic E-state index is 0.829. The molecule has 0 spiro atoms. The number of hydrogen-bond donors (Lipinski definition) is 0. The molecular weight excluding hydrogens is 360 g/mol. The van der Waals surface area contributed by atoms with E-state index in [2.05, 4.69) is 45.0 Å². The Balaban J connectivity index is 1.38. The lowest BCUT2D eigenvalue weighted by atomic mass is 9.68. The molecule has 0 aromatic heterocycles.